The van der Waals surface area contributed by atoms with Gasteiger partial charge in [-0.1, -0.05) is 194 Å². The largest absolute Gasteiger partial charge is 0.478 e. The molecule has 0 bridgehead atoms. The molecule has 0 saturated carbocycles. The van der Waals surface area contributed by atoms with E-state index < -0.39 is 17.7 Å². The fraction of sp³-hybridized carbons (Fsp3) is 0.773. The molecule has 6 nitrogen and oxygen atoms in total. The fourth-order valence-electron chi connectivity index (χ4n) is 7.13. The molecule has 1 aromatic rings. The minimum absolute atomic E-state index is 0.00714. The smallest absolute Gasteiger partial charge is 0.337 e. The summed E-state index contributed by atoms with van der Waals surface area (Å²) < 4.78 is 0. The van der Waals surface area contributed by atoms with Crippen molar-refractivity contribution < 1.29 is 24.3 Å². The highest BCUT2D eigenvalue weighted by Gasteiger charge is 2.28. The van der Waals surface area contributed by atoms with Crippen molar-refractivity contribution in [1.82, 2.24) is 0 Å². The summed E-state index contributed by atoms with van der Waals surface area (Å²) in [7, 11) is 0. The number of carboxylic acids is 1. The zero-order valence-electron chi connectivity index (χ0n) is 32.4. The summed E-state index contributed by atoms with van der Waals surface area (Å²) in [5.74, 6) is -2.94. The number of hydrogen-bond acceptors (Lipinski definition) is 4. The minimum Gasteiger partial charge on any atom is -0.478 e. The summed E-state index contributed by atoms with van der Waals surface area (Å²) in [6, 6.07) is 2.72. The van der Waals surface area contributed by atoms with E-state index in [-0.39, 0.29) is 40.9 Å². The van der Waals surface area contributed by atoms with Crippen LogP contribution in [-0.2, 0) is 0 Å². The van der Waals surface area contributed by atoms with E-state index in [1.165, 1.54) is 153 Å². The number of ketones is 2. The summed E-state index contributed by atoms with van der Waals surface area (Å²) in [6.45, 7) is 4.51. The van der Waals surface area contributed by atoms with Gasteiger partial charge in [0.2, 0.25) is 5.91 Å². The number of carboxylic acid groups (broad SMARTS) is 1. The van der Waals surface area contributed by atoms with E-state index in [2.05, 4.69) is 13.8 Å². The van der Waals surface area contributed by atoms with Gasteiger partial charge in [-0.05, 0) is 25.0 Å². The highest BCUT2D eigenvalue weighted by Crippen LogP contribution is 2.25. The number of aromatic carboxylic acids is 1. The standard InChI is InChI=1S/C44H75NO5/c1-3-5-7-9-11-13-15-17-19-21-23-25-27-29-31-33-39(46)37-35-36-38(43(45)48)41(42(37)44(49)50)40(47)34-32-30-28-26-24-22-20-18-16-14-12-10-8-6-4-2/h35-36H,3-34H2,1-2H3,(H2,45,48)(H,49,50). The molecule has 0 radical (unpaired) electrons. The number of nitrogens with two attached hydrogens (primary N) is 1. The molecule has 0 heterocycles. The number of rotatable bonds is 36. The molecule has 0 atom stereocenters. The van der Waals surface area contributed by atoms with Crippen molar-refractivity contribution in [2.75, 3.05) is 0 Å². The third kappa shape index (κ3) is 21.7. The molecule has 0 aromatic heterocycles. The van der Waals surface area contributed by atoms with Gasteiger partial charge in [0.05, 0.1) is 11.1 Å². The van der Waals surface area contributed by atoms with E-state index in [1.54, 1.807) is 0 Å². The molecule has 0 aliphatic rings. The monoisotopic (exact) mass is 698 g/mol. The Morgan fingerprint density at radius 2 is 0.700 bits per heavy atom. The van der Waals surface area contributed by atoms with E-state index in [0.717, 1.165) is 38.5 Å². The van der Waals surface area contributed by atoms with Crippen LogP contribution in [0.25, 0.3) is 0 Å². The Hall–Kier alpha value is -2.50. The molecule has 0 aliphatic carbocycles. The van der Waals surface area contributed by atoms with Crippen molar-refractivity contribution in [3.8, 4) is 0 Å². The van der Waals surface area contributed by atoms with Gasteiger partial charge in [-0.3, -0.25) is 14.4 Å². The highest BCUT2D eigenvalue weighted by atomic mass is 16.4. The Labute approximate surface area is 306 Å². The van der Waals surface area contributed by atoms with Gasteiger partial charge in [0.25, 0.3) is 0 Å². The lowest BCUT2D eigenvalue weighted by Gasteiger charge is -2.14. The van der Waals surface area contributed by atoms with Crippen molar-refractivity contribution >= 4 is 23.4 Å². The van der Waals surface area contributed by atoms with Crippen LogP contribution in [0.3, 0.4) is 0 Å². The lowest BCUT2D eigenvalue weighted by atomic mass is 9.88. The third-order valence-corrected chi connectivity index (χ3v) is 10.3. The van der Waals surface area contributed by atoms with Crippen molar-refractivity contribution in [2.24, 2.45) is 5.73 Å². The normalized spacial score (nSPS) is 11.2. The van der Waals surface area contributed by atoms with Crippen LogP contribution in [0.1, 0.15) is 261 Å². The van der Waals surface area contributed by atoms with Crippen LogP contribution < -0.4 is 5.73 Å². The molecule has 286 valence electrons. The average molecular weight is 698 g/mol. The van der Waals surface area contributed by atoms with Gasteiger partial charge >= 0.3 is 5.97 Å². The molecule has 50 heavy (non-hydrogen) atoms. The number of Topliss-reactive ketones (excluding diaryl/α,β-unsaturated/α-hetero) is 2. The summed E-state index contributed by atoms with van der Waals surface area (Å²) in [5.41, 5.74) is 4.90. The maximum Gasteiger partial charge on any atom is 0.337 e. The number of benzene rings is 1. The number of hydrogen-bond donors (Lipinski definition) is 2. The lowest BCUT2D eigenvalue weighted by molar-refractivity contribution is 0.0686. The van der Waals surface area contributed by atoms with Crippen LogP contribution >= 0.6 is 0 Å². The van der Waals surface area contributed by atoms with E-state index >= 15 is 0 Å². The van der Waals surface area contributed by atoms with E-state index in [9.17, 15) is 24.3 Å². The van der Waals surface area contributed by atoms with Crippen molar-refractivity contribution in [3.63, 3.8) is 0 Å². The number of primary amides is 1. The SMILES string of the molecule is CCCCCCCCCCCCCCCCCC(=O)c1ccc(C(N)=O)c(C(=O)CCCCCCCCCCCCCCCCC)c1C(=O)O. The Morgan fingerprint density at radius 1 is 0.420 bits per heavy atom. The molecule has 1 rings (SSSR count). The molecule has 1 aromatic carbocycles. The lowest BCUT2D eigenvalue weighted by Crippen LogP contribution is -2.22. The van der Waals surface area contributed by atoms with Crippen molar-refractivity contribution in [1.29, 1.82) is 0 Å². The second-order valence-corrected chi connectivity index (χ2v) is 14.8. The predicted octanol–water partition coefficient (Wildman–Crippen LogP) is 13.4. The first kappa shape index (κ1) is 45.5. The summed E-state index contributed by atoms with van der Waals surface area (Å²) in [4.78, 5) is 51.1. The maximum atomic E-state index is 13.3. The molecular weight excluding hydrogens is 622 g/mol. The summed E-state index contributed by atoms with van der Waals surface area (Å²) in [5, 5.41) is 10.1. The van der Waals surface area contributed by atoms with Gasteiger partial charge in [0.15, 0.2) is 11.6 Å². The van der Waals surface area contributed by atoms with Gasteiger partial charge in [-0.15, -0.1) is 0 Å². The zero-order chi connectivity index (χ0) is 36.7. The van der Waals surface area contributed by atoms with Gasteiger partial charge in [0, 0.05) is 24.0 Å². The molecule has 0 fully saturated rings. The molecule has 0 unspecified atom stereocenters. The third-order valence-electron chi connectivity index (χ3n) is 10.3. The van der Waals surface area contributed by atoms with Crippen molar-refractivity contribution in [2.45, 2.75) is 219 Å². The molecular formula is C44H75NO5. The molecule has 6 heteroatoms. The molecule has 1 amide bonds. The van der Waals surface area contributed by atoms with Crippen LogP contribution in [0.4, 0.5) is 0 Å². The van der Waals surface area contributed by atoms with Crippen molar-refractivity contribution in [3.05, 3.63) is 34.4 Å². The molecule has 0 saturated heterocycles. The fourth-order valence-corrected chi connectivity index (χ4v) is 7.13. The van der Waals surface area contributed by atoms with Gasteiger partial charge < -0.3 is 10.8 Å². The summed E-state index contributed by atoms with van der Waals surface area (Å²) >= 11 is 0. The van der Waals surface area contributed by atoms with Crippen LogP contribution in [0.5, 0.6) is 0 Å². The number of amides is 1. The Bertz CT molecular complexity index is 1060. The van der Waals surface area contributed by atoms with Crippen LogP contribution in [-0.4, -0.2) is 28.5 Å². The first-order valence-electron chi connectivity index (χ1n) is 21.1. The van der Waals surface area contributed by atoms with Gasteiger partial charge in [-0.2, -0.15) is 0 Å². The summed E-state index contributed by atoms with van der Waals surface area (Å²) in [6.07, 6.45) is 36.9. The second-order valence-electron chi connectivity index (χ2n) is 14.8. The highest BCUT2D eigenvalue weighted by molar-refractivity contribution is 6.17. The maximum absolute atomic E-state index is 13.3. The Balaban J connectivity index is 2.40. The second kappa shape index (κ2) is 31.3. The van der Waals surface area contributed by atoms with E-state index in [0.29, 0.717) is 12.8 Å². The van der Waals surface area contributed by atoms with Crippen LogP contribution in [0.2, 0.25) is 0 Å². The average Bonchev–Trinajstić information content (AvgIpc) is 3.10. The molecule has 3 N–H and O–H groups in total. The topological polar surface area (TPSA) is 115 Å². The van der Waals surface area contributed by atoms with Crippen LogP contribution in [0, 0.1) is 0 Å². The van der Waals surface area contributed by atoms with Gasteiger partial charge in [-0.25, -0.2) is 4.79 Å². The van der Waals surface area contributed by atoms with E-state index in [4.69, 9.17) is 5.73 Å². The van der Waals surface area contributed by atoms with E-state index in [1.807, 2.05) is 0 Å². The Kier molecular flexibility index (Phi) is 28.5. The molecule has 0 aliphatic heterocycles. The van der Waals surface area contributed by atoms with Gasteiger partial charge in [0.1, 0.15) is 0 Å². The zero-order valence-corrected chi connectivity index (χ0v) is 32.4. The quantitative estimate of drug-likeness (QED) is 0.0535. The van der Waals surface area contributed by atoms with Crippen LogP contribution in [0.15, 0.2) is 12.1 Å². The number of carbonyl (C=O) groups is 4. The first-order chi connectivity index (χ1) is 24.3. The first-order valence-corrected chi connectivity index (χ1v) is 21.1. The Morgan fingerprint density at radius 3 is 1.00 bits per heavy atom. The molecule has 0 spiro atoms. The predicted molar refractivity (Wildman–Crippen MR) is 210 cm³/mol. The number of unbranched alkanes of at least 4 members (excludes halogenated alkanes) is 28. The minimum atomic E-state index is -1.37. The number of carbonyl (C=O) groups excluding carboxylic acids is 3.